The lowest BCUT2D eigenvalue weighted by atomic mass is 10.0. The highest BCUT2D eigenvalue weighted by Gasteiger charge is 2.21. The fourth-order valence-corrected chi connectivity index (χ4v) is 2.36. The predicted octanol–water partition coefficient (Wildman–Crippen LogP) is 4.24. The summed E-state index contributed by atoms with van der Waals surface area (Å²) in [7, 11) is 0. The van der Waals surface area contributed by atoms with Gasteiger partial charge in [-0.3, -0.25) is 0 Å². The minimum Gasteiger partial charge on any atom is -0.458 e. The molecule has 0 fully saturated rings. The van der Waals surface area contributed by atoms with Crippen LogP contribution in [-0.2, 0) is 0 Å². The summed E-state index contributed by atoms with van der Waals surface area (Å²) in [6.45, 7) is 1.65. The Morgan fingerprint density at radius 2 is 1.62 bits per heavy atom. The molecule has 0 aliphatic carbocycles. The maximum atomic E-state index is 13.3. The first-order valence-corrected chi connectivity index (χ1v) is 6.28. The summed E-state index contributed by atoms with van der Waals surface area (Å²) < 4.78 is 45.2. The largest absolute Gasteiger partial charge is 0.458 e. The second-order valence-corrected chi connectivity index (χ2v) is 4.84. The maximum absolute atomic E-state index is 13.3. The number of aliphatic hydroxyl groups excluding tert-OH is 1. The Balaban J connectivity index is 2.13. The number of aryl methyl sites for hydroxylation is 1. The standard InChI is InChI=1S/C16H11F3O2/c1-8-13-7-10(17)2-3-14(13)21-16(8)15(20)9-4-11(18)6-12(19)5-9/h2-7,15,20H,1H3. The third-order valence-corrected chi connectivity index (χ3v) is 3.38. The van der Waals surface area contributed by atoms with Crippen LogP contribution in [0.3, 0.4) is 0 Å². The van der Waals surface area contributed by atoms with Crippen molar-refractivity contribution in [3.63, 3.8) is 0 Å². The smallest absolute Gasteiger partial charge is 0.141 e. The Hall–Kier alpha value is -2.27. The Labute approximate surface area is 118 Å². The fraction of sp³-hybridized carbons (Fsp3) is 0.125. The molecule has 0 amide bonds. The Morgan fingerprint density at radius 3 is 2.29 bits per heavy atom. The molecule has 0 aliphatic heterocycles. The molecule has 1 aromatic heterocycles. The molecule has 0 saturated heterocycles. The molecule has 0 radical (unpaired) electrons. The van der Waals surface area contributed by atoms with E-state index in [0.717, 1.165) is 18.2 Å². The van der Waals surface area contributed by atoms with Crippen LogP contribution in [0.25, 0.3) is 11.0 Å². The van der Waals surface area contributed by atoms with Crippen molar-refractivity contribution in [2.45, 2.75) is 13.0 Å². The summed E-state index contributed by atoms with van der Waals surface area (Å²) in [5.74, 6) is -1.86. The van der Waals surface area contributed by atoms with Crippen molar-refractivity contribution in [2.75, 3.05) is 0 Å². The van der Waals surface area contributed by atoms with E-state index >= 15 is 0 Å². The van der Waals surface area contributed by atoms with Gasteiger partial charge < -0.3 is 9.52 Å². The van der Waals surface area contributed by atoms with Gasteiger partial charge in [-0.1, -0.05) is 0 Å². The van der Waals surface area contributed by atoms with Crippen LogP contribution in [0, 0.1) is 24.4 Å². The molecule has 1 atom stereocenters. The molecular weight excluding hydrogens is 281 g/mol. The monoisotopic (exact) mass is 292 g/mol. The summed E-state index contributed by atoms with van der Waals surface area (Å²) >= 11 is 0. The van der Waals surface area contributed by atoms with Crippen molar-refractivity contribution in [1.29, 1.82) is 0 Å². The van der Waals surface area contributed by atoms with Gasteiger partial charge in [0, 0.05) is 17.0 Å². The number of halogens is 3. The van der Waals surface area contributed by atoms with Crippen molar-refractivity contribution in [2.24, 2.45) is 0 Å². The predicted molar refractivity (Wildman–Crippen MR) is 71.3 cm³/mol. The van der Waals surface area contributed by atoms with E-state index in [9.17, 15) is 18.3 Å². The highest BCUT2D eigenvalue weighted by molar-refractivity contribution is 5.82. The average molecular weight is 292 g/mol. The normalized spacial score (nSPS) is 12.8. The number of hydrogen-bond acceptors (Lipinski definition) is 2. The maximum Gasteiger partial charge on any atom is 0.141 e. The van der Waals surface area contributed by atoms with Crippen LogP contribution in [0.5, 0.6) is 0 Å². The van der Waals surface area contributed by atoms with Crippen LogP contribution in [0.15, 0.2) is 40.8 Å². The molecule has 2 aromatic carbocycles. The summed E-state index contributed by atoms with van der Waals surface area (Å²) in [6.07, 6.45) is -1.33. The highest BCUT2D eigenvalue weighted by Crippen LogP contribution is 2.33. The molecule has 5 heteroatoms. The zero-order chi connectivity index (χ0) is 15.1. The van der Waals surface area contributed by atoms with Crippen molar-refractivity contribution < 1.29 is 22.7 Å². The first-order valence-electron chi connectivity index (χ1n) is 6.28. The minimum atomic E-state index is -1.33. The zero-order valence-corrected chi connectivity index (χ0v) is 11.0. The number of rotatable bonds is 2. The molecule has 0 bridgehead atoms. The third-order valence-electron chi connectivity index (χ3n) is 3.38. The Kier molecular flexibility index (Phi) is 3.22. The molecular formula is C16H11F3O2. The molecule has 3 aromatic rings. The number of benzene rings is 2. The molecule has 1 heterocycles. The van der Waals surface area contributed by atoms with Gasteiger partial charge in [-0.05, 0) is 42.8 Å². The lowest BCUT2D eigenvalue weighted by Gasteiger charge is -2.09. The van der Waals surface area contributed by atoms with Gasteiger partial charge in [0.25, 0.3) is 0 Å². The van der Waals surface area contributed by atoms with Crippen LogP contribution in [0.1, 0.15) is 23.0 Å². The SMILES string of the molecule is Cc1c(C(O)c2cc(F)cc(F)c2)oc2ccc(F)cc12. The zero-order valence-electron chi connectivity index (χ0n) is 11.0. The van der Waals surface area contributed by atoms with Crippen molar-refractivity contribution in [3.8, 4) is 0 Å². The van der Waals surface area contributed by atoms with Crippen LogP contribution in [0.4, 0.5) is 13.2 Å². The van der Waals surface area contributed by atoms with Gasteiger partial charge in [0.2, 0.25) is 0 Å². The van der Waals surface area contributed by atoms with Crippen LogP contribution >= 0.6 is 0 Å². The molecule has 108 valence electrons. The third kappa shape index (κ3) is 2.40. The topological polar surface area (TPSA) is 33.4 Å². The Bertz CT molecular complexity index is 803. The van der Waals surface area contributed by atoms with E-state index in [2.05, 4.69) is 0 Å². The van der Waals surface area contributed by atoms with Gasteiger partial charge in [-0.15, -0.1) is 0 Å². The van der Waals surface area contributed by atoms with E-state index in [-0.39, 0.29) is 11.3 Å². The van der Waals surface area contributed by atoms with Gasteiger partial charge in [0.05, 0.1) is 0 Å². The quantitative estimate of drug-likeness (QED) is 0.766. The van der Waals surface area contributed by atoms with Gasteiger partial charge in [0.1, 0.15) is 34.9 Å². The molecule has 1 unspecified atom stereocenters. The summed E-state index contributed by atoms with van der Waals surface area (Å²) in [5.41, 5.74) is 0.969. The van der Waals surface area contributed by atoms with Crippen LogP contribution in [0.2, 0.25) is 0 Å². The van der Waals surface area contributed by atoms with Gasteiger partial charge in [-0.2, -0.15) is 0 Å². The van der Waals surface area contributed by atoms with Gasteiger partial charge in [0.15, 0.2) is 0 Å². The van der Waals surface area contributed by atoms with E-state index in [1.165, 1.54) is 18.2 Å². The lowest BCUT2D eigenvalue weighted by molar-refractivity contribution is 0.190. The van der Waals surface area contributed by atoms with E-state index in [4.69, 9.17) is 4.42 Å². The molecule has 21 heavy (non-hydrogen) atoms. The second-order valence-electron chi connectivity index (χ2n) is 4.84. The van der Waals surface area contributed by atoms with E-state index in [0.29, 0.717) is 16.5 Å². The first-order chi connectivity index (χ1) is 9.95. The van der Waals surface area contributed by atoms with Crippen molar-refractivity contribution in [1.82, 2.24) is 0 Å². The van der Waals surface area contributed by atoms with Crippen LogP contribution in [-0.4, -0.2) is 5.11 Å². The van der Waals surface area contributed by atoms with Gasteiger partial charge in [-0.25, -0.2) is 13.2 Å². The Morgan fingerprint density at radius 1 is 0.952 bits per heavy atom. The van der Waals surface area contributed by atoms with Crippen molar-refractivity contribution >= 4 is 11.0 Å². The molecule has 3 rings (SSSR count). The second kappa shape index (κ2) is 4.93. The molecule has 0 aliphatic rings. The number of aliphatic hydroxyl groups is 1. The first kappa shape index (κ1) is 13.7. The average Bonchev–Trinajstić information content (AvgIpc) is 2.74. The number of fused-ring (bicyclic) bond motifs is 1. The van der Waals surface area contributed by atoms with E-state index in [1.54, 1.807) is 6.92 Å². The lowest BCUT2D eigenvalue weighted by Crippen LogP contribution is -2.01. The van der Waals surface area contributed by atoms with Gasteiger partial charge >= 0.3 is 0 Å². The van der Waals surface area contributed by atoms with E-state index < -0.39 is 23.6 Å². The molecule has 1 N–H and O–H groups in total. The minimum absolute atomic E-state index is 0.0372. The summed E-state index contributed by atoms with van der Waals surface area (Å²) in [4.78, 5) is 0. The number of hydrogen-bond donors (Lipinski definition) is 1. The number of furan rings is 1. The summed E-state index contributed by atoms with van der Waals surface area (Å²) in [6, 6.07) is 6.75. The molecule has 0 saturated carbocycles. The summed E-state index contributed by atoms with van der Waals surface area (Å²) in [5, 5.41) is 10.8. The molecule has 0 spiro atoms. The van der Waals surface area contributed by atoms with E-state index in [1.807, 2.05) is 0 Å². The molecule has 2 nitrogen and oxygen atoms in total. The van der Waals surface area contributed by atoms with Crippen LogP contribution < -0.4 is 0 Å². The van der Waals surface area contributed by atoms with Crippen molar-refractivity contribution in [3.05, 3.63) is 70.7 Å². The fourth-order valence-electron chi connectivity index (χ4n) is 2.36. The highest BCUT2D eigenvalue weighted by atomic mass is 19.1.